The molecule has 0 aromatic carbocycles. The van der Waals surface area contributed by atoms with E-state index in [1.165, 1.54) is 0 Å². The van der Waals surface area contributed by atoms with Crippen LogP contribution in [0, 0.1) is 0 Å². The Balaban J connectivity index is 3.28. The van der Waals surface area contributed by atoms with E-state index in [0.717, 1.165) is 0 Å². The number of rotatable bonds is 1. The first kappa shape index (κ1) is 11.9. The van der Waals surface area contributed by atoms with Crippen LogP contribution in [0.2, 0.25) is 0 Å². The summed E-state index contributed by atoms with van der Waals surface area (Å²) in [6.07, 6.45) is -2.54. The van der Waals surface area contributed by atoms with Crippen LogP contribution in [0.15, 0.2) is 11.6 Å². The number of carboxylic acids is 1. The molecule has 2 nitrogen and oxygen atoms in total. The van der Waals surface area contributed by atoms with E-state index in [1.54, 1.807) is 0 Å². The van der Waals surface area contributed by atoms with E-state index in [0.29, 0.717) is 0 Å². The fourth-order valence-electron chi connectivity index (χ4n) is 1.09. The maximum absolute atomic E-state index is 12.6. The first-order valence-electron chi connectivity index (χ1n) is 3.60. The number of hydrogen-bond donors (Lipinski definition) is 1. The normalized spacial score (nSPS) is 26.9. The van der Waals surface area contributed by atoms with Gasteiger partial charge in [0.05, 0.1) is 6.42 Å². The summed E-state index contributed by atoms with van der Waals surface area (Å²) in [5.41, 5.74) is -1.42. The summed E-state index contributed by atoms with van der Waals surface area (Å²) in [5.74, 6) is -17.9. The minimum absolute atomic E-state index is 0.632. The number of aliphatic carboxylic acids is 1. The van der Waals surface area contributed by atoms with E-state index in [-0.39, 0.29) is 0 Å². The van der Waals surface area contributed by atoms with Crippen LogP contribution in [0.25, 0.3) is 0 Å². The number of allylic oxidation sites excluding steroid dienone is 1. The zero-order valence-electron chi connectivity index (χ0n) is 6.91. The van der Waals surface area contributed by atoms with E-state index in [2.05, 4.69) is 0 Å². The summed E-state index contributed by atoms with van der Waals surface area (Å²) in [5, 5.41) is 8.19. The Morgan fingerprint density at radius 2 is 1.67 bits per heavy atom. The molecule has 15 heavy (non-hydrogen) atoms. The molecule has 0 unspecified atom stereocenters. The predicted molar refractivity (Wildman–Crippen MR) is 35.2 cm³/mol. The third kappa shape index (κ3) is 1.57. The fraction of sp³-hybridized carbons (Fsp3) is 0.571. The Kier molecular flexibility index (Phi) is 2.29. The Bertz CT molecular complexity index is 332. The minimum atomic E-state index is -5.57. The van der Waals surface area contributed by atoms with Gasteiger partial charge in [-0.2, -0.15) is 26.3 Å². The van der Waals surface area contributed by atoms with Gasteiger partial charge in [-0.3, -0.25) is 0 Å². The Morgan fingerprint density at radius 1 is 1.20 bits per heavy atom. The number of halogens is 6. The molecule has 1 rings (SSSR count). The van der Waals surface area contributed by atoms with Gasteiger partial charge in [0.2, 0.25) is 0 Å². The van der Waals surface area contributed by atoms with Gasteiger partial charge in [-0.25, -0.2) is 4.79 Å². The van der Waals surface area contributed by atoms with Crippen molar-refractivity contribution in [3.63, 3.8) is 0 Å². The third-order valence-electron chi connectivity index (χ3n) is 1.92. The first-order valence-corrected chi connectivity index (χ1v) is 3.60. The van der Waals surface area contributed by atoms with Gasteiger partial charge in [-0.15, -0.1) is 0 Å². The Morgan fingerprint density at radius 3 is 2.00 bits per heavy atom. The van der Waals surface area contributed by atoms with Gasteiger partial charge in [0.15, 0.2) is 0 Å². The van der Waals surface area contributed by atoms with E-state index in [9.17, 15) is 31.1 Å². The molecule has 0 bridgehead atoms. The molecule has 0 amide bonds. The highest BCUT2D eigenvalue weighted by molar-refractivity contribution is 5.87. The fourth-order valence-corrected chi connectivity index (χ4v) is 1.09. The zero-order valence-corrected chi connectivity index (χ0v) is 6.91. The lowest BCUT2D eigenvalue weighted by Crippen LogP contribution is -2.56. The lowest BCUT2D eigenvalue weighted by molar-refractivity contribution is -0.297. The SMILES string of the molecule is O=C(O)C1=CC(F)(F)C(F)(F)C(F)(F)C1. The lowest BCUT2D eigenvalue weighted by Gasteiger charge is -2.35. The molecule has 1 N–H and O–H groups in total. The maximum atomic E-state index is 12.6. The van der Waals surface area contributed by atoms with Crippen molar-refractivity contribution in [3.8, 4) is 0 Å². The van der Waals surface area contributed by atoms with Crippen molar-refractivity contribution in [2.45, 2.75) is 24.2 Å². The molecule has 0 saturated heterocycles. The molecule has 0 heterocycles. The minimum Gasteiger partial charge on any atom is -0.478 e. The summed E-state index contributed by atoms with van der Waals surface area (Å²) in [6.45, 7) is 0. The van der Waals surface area contributed by atoms with Crippen LogP contribution in [-0.4, -0.2) is 28.8 Å². The molecule has 1 aliphatic carbocycles. The van der Waals surface area contributed by atoms with Crippen LogP contribution in [0.4, 0.5) is 26.3 Å². The van der Waals surface area contributed by atoms with Gasteiger partial charge >= 0.3 is 23.7 Å². The summed E-state index contributed by atoms with van der Waals surface area (Å²) in [6, 6.07) is 0. The molecular weight excluding hydrogens is 230 g/mol. The average Bonchev–Trinajstić information content (AvgIpc) is 1.99. The molecule has 0 fully saturated rings. The molecule has 0 aromatic rings. The van der Waals surface area contributed by atoms with Crippen molar-refractivity contribution < 1.29 is 36.2 Å². The maximum Gasteiger partial charge on any atom is 0.376 e. The van der Waals surface area contributed by atoms with Crippen molar-refractivity contribution in [1.82, 2.24) is 0 Å². The number of carboxylic acid groups (broad SMARTS) is 1. The lowest BCUT2D eigenvalue weighted by atomic mass is 9.89. The van der Waals surface area contributed by atoms with E-state index in [4.69, 9.17) is 5.11 Å². The van der Waals surface area contributed by atoms with Crippen molar-refractivity contribution >= 4 is 5.97 Å². The van der Waals surface area contributed by atoms with Crippen LogP contribution in [0.5, 0.6) is 0 Å². The molecule has 0 radical (unpaired) electrons. The number of carbonyl (C=O) groups is 1. The zero-order chi connectivity index (χ0) is 12.1. The van der Waals surface area contributed by atoms with E-state index >= 15 is 0 Å². The van der Waals surface area contributed by atoms with Crippen molar-refractivity contribution in [3.05, 3.63) is 11.6 Å². The van der Waals surface area contributed by atoms with Crippen LogP contribution in [0.1, 0.15) is 6.42 Å². The molecule has 0 aromatic heterocycles. The smallest absolute Gasteiger partial charge is 0.376 e. The summed E-state index contributed by atoms with van der Waals surface area (Å²) >= 11 is 0. The predicted octanol–water partition coefficient (Wildman–Crippen LogP) is 2.31. The van der Waals surface area contributed by atoms with E-state index < -0.39 is 41.8 Å². The standard InChI is InChI=1S/C7H4F6O2/c8-5(9)1-3(4(14)15)2-6(10,11)7(5,12)13/h1H,2H2,(H,14,15). The van der Waals surface area contributed by atoms with Gasteiger partial charge in [0, 0.05) is 11.6 Å². The quantitative estimate of drug-likeness (QED) is 0.707. The summed E-state index contributed by atoms with van der Waals surface area (Å²) in [7, 11) is 0. The second-order valence-electron chi connectivity index (χ2n) is 3.05. The second kappa shape index (κ2) is 2.89. The highest BCUT2D eigenvalue weighted by Crippen LogP contribution is 2.52. The molecule has 1 aliphatic rings. The van der Waals surface area contributed by atoms with Gasteiger partial charge in [0.1, 0.15) is 0 Å². The second-order valence-corrected chi connectivity index (χ2v) is 3.05. The topological polar surface area (TPSA) is 37.3 Å². The van der Waals surface area contributed by atoms with Crippen LogP contribution in [0.3, 0.4) is 0 Å². The third-order valence-corrected chi connectivity index (χ3v) is 1.92. The number of hydrogen-bond acceptors (Lipinski definition) is 1. The van der Waals surface area contributed by atoms with E-state index in [1.807, 2.05) is 0 Å². The molecule has 0 atom stereocenters. The van der Waals surface area contributed by atoms with Gasteiger partial charge in [-0.1, -0.05) is 0 Å². The average molecular weight is 234 g/mol. The van der Waals surface area contributed by atoms with Crippen LogP contribution in [-0.2, 0) is 4.79 Å². The van der Waals surface area contributed by atoms with Crippen LogP contribution < -0.4 is 0 Å². The highest BCUT2D eigenvalue weighted by Gasteiger charge is 2.73. The summed E-state index contributed by atoms with van der Waals surface area (Å²) < 4.78 is 75.1. The first-order chi connectivity index (χ1) is 6.51. The molecule has 86 valence electrons. The van der Waals surface area contributed by atoms with Gasteiger partial charge in [-0.05, 0) is 0 Å². The Labute approximate surface area is 79.2 Å². The molecule has 0 saturated carbocycles. The monoisotopic (exact) mass is 234 g/mol. The highest BCUT2D eigenvalue weighted by atomic mass is 19.3. The van der Waals surface area contributed by atoms with Crippen molar-refractivity contribution in [2.24, 2.45) is 0 Å². The van der Waals surface area contributed by atoms with Gasteiger partial charge < -0.3 is 5.11 Å². The largest absolute Gasteiger partial charge is 0.478 e. The molecule has 0 spiro atoms. The number of alkyl halides is 6. The van der Waals surface area contributed by atoms with Gasteiger partial charge in [0.25, 0.3) is 0 Å². The van der Waals surface area contributed by atoms with Crippen LogP contribution >= 0.6 is 0 Å². The molecule has 8 heteroatoms. The van der Waals surface area contributed by atoms with Crippen molar-refractivity contribution in [1.29, 1.82) is 0 Å². The summed E-state index contributed by atoms with van der Waals surface area (Å²) in [4.78, 5) is 10.2. The Hall–Kier alpha value is -1.21. The molecule has 0 aliphatic heterocycles. The molecular formula is C7H4F6O2. The van der Waals surface area contributed by atoms with Crippen molar-refractivity contribution in [2.75, 3.05) is 0 Å².